The normalized spacial score (nSPS) is 15.9. The van der Waals surface area contributed by atoms with Gasteiger partial charge in [0.15, 0.2) is 0 Å². The fraction of sp³-hybridized carbons (Fsp3) is 0.588. The maximum absolute atomic E-state index is 11.9. The molecule has 0 aromatic heterocycles. The van der Waals surface area contributed by atoms with Crippen LogP contribution in [0.4, 0.5) is 0 Å². The van der Waals surface area contributed by atoms with Gasteiger partial charge in [0.05, 0.1) is 13.2 Å². The molecule has 1 amide bonds. The standard InChI is InChI=1S/C17H26N2O2/c1-14-3-4-16(15(2)13-14)5-6-17(20)18-7-8-19-9-11-21-12-10-19/h3-4,13H,5-12H2,1-2H3,(H,18,20). The fourth-order valence-corrected chi connectivity index (χ4v) is 2.64. The van der Waals surface area contributed by atoms with Crippen LogP contribution in [-0.2, 0) is 16.0 Å². The van der Waals surface area contributed by atoms with Crippen LogP contribution < -0.4 is 5.32 Å². The first-order valence-electron chi connectivity index (χ1n) is 7.78. The highest BCUT2D eigenvalue weighted by Gasteiger charge is 2.10. The number of rotatable bonds is 6. The summed E-state index contributed by atoms with van der Waals surface area (Å²) in [5, 5.41) is 3.01. The van der Waals surface area contributed by atoms with Crippen LogP contribution in [0.3, 0.4) is 0 Å². The van der Waals surface area contributed by atoms with E-state index in [1.54, 1.807) is 0 Å². The molecule has 1 saturated heterocycles. The molecule has 4 heteroatoms. The van der Waals surface area contributed by atoms with Gasteiger partial charge in [0, 0.05) is 32.6 Å². The van der Waals surface area contributed by atoms with E-state index in [4.69, 9.17) is 4.74 Å². The van der Waals surface area contributed by atoms with Gasteiger partial charge in [0.1, 0.15) is 0 Å². The molecule has 1 aromatic carbocycles. The van der Waals surface area contributed by atoms with Gasteiger partial charge < -0.3 is 10.1 Å². The van der Waals surface area contributed by atoms with Crippen LogP contribution in [0.2, 0.25) is 0 Å². The molecule has 2 rings (SSSR count). The number of aryl methyl sites for hydroxylation is 3. The summed E-state index contributed by atoms with van der Waals surface area (Å²) in [4.78, 5) is 14.2. The Bertz CT molecular complexity index is 468. The molecule has 1 N–H and O–H groups in total. The predicted molar refractivity (Wildman–Crippen MR) is 84.5 cm³/mol. The average Bonchev–Trinajstić information content (AvgIpc) is 2.47. The summed E-state index contributed by atoms with van der Waals surface area (Å²) in [7, 11) is 0. The topological polar surface area (TPSA) is 41.6 Å². The fourth-order valence-electron chi connectivity index (χ4n) is 2.64. The molecular formula is C17H26N2O2. The van der Waals surface area contributed by atoms with E-state index in [0.717, 1.165) is 45.8 Å². The second-order valence-electron chi connectivity index (χ2n) is 5.73. The van der Waals surface area contributed by atoms with Crippen LogP contribution in [0.5, 0.6) is 0 Å². The molecule has 21 heavy (non-hydrogen) atoms. The monoisotopic (exact) mass is 290 g/mol. The smallest absolute Gasteiger partial charge is 0.220 e. The number of amides is 1. The van der Waals surface area contributed by atoms with Crippen LogP contribution in [0.1, 0.15) is 23.1 Å². The number of nitrogens with one attached hydrogen (secondary N) is 1. The molecule has 1 aliphatic heterocycles. The van der Waals surface area contributed by atoms with Gasteiger partial charge in [-0.05, 0) is 31.4 Å². The second-order valence-corrected chi connectivity index (χ2v) is 5.73. The van der Waals surface area contributed by atoms with Crippen molar-refractivity contribution >= 4 is 5.91 Å². The number of benzene rings is 1. The van der Waals surface area contributed by atoms with E-state index < -0.39 is 0 Å². The van der Waals surface area contributed by atoms with Crippen LogP contribution >= 0.6 is 0 Å². The van der Waals surface area contributed by atoms with Crippen molar-refractivity contribution in [2.24, 2.45) is 0 Å². The number of carbonyl (C=O) groups is 1. The minimum Gasteiger partial charge on any atom is -0.379 e. The Morgan fingerprint density at radius 2 is 2.05 bits per heavy atom. The van der Waals surface area contributed by atoms with E-state index in [-0.39, 0.29) is 5.91 Å². The molecule has 4 nitrogen and oxygen atoms in total. The Labute approximate surface area is 127 Å². The molecular weight excluding hydrogens is 264 g/mol. The van der Waals surface area contributed by atoms with Gasteiger partial charge in [-0.3, -0.25) is 9.69 Å². The van der Waals surface area contributed by atoms with Gasteiger partial charge in [0.2, 0.25) is 5.91 Å². The molecule has 0 unspecified atom stereocenters. The average molecular weight is 290 g/mol. The lowest BCUT2D eigenvalue weighted by Crippen LogP contribution is -2.41. The SMILES string of the molecule is Cc1ccc(CCC(=O)NCCN2CCOCC2)c(C)c1. The second kappa shape index (κ2) is 8.15. The predicted octanol–water partition coefficient (Wildman–Crippen LogP) is 1.68. The third-order valence-corrected chi connectivity index (χ3v) is 3.97. The molecule has 0 atom stereocenters. The molecule has 1 fully saturated rings. The van der Waals surface area contributed by atoms with Crippen LogP contribution in [-0.4, -0.2) is 50.2 Å². The van der Waals surface area contributed by atoms with Gasteiger partial charge in [-0.15, -0.1) is 0 Å². The van der Waals surface area contributed by atoms with Gasteiger partial charge in [-0.2, -0.15) is 0 Å². The number of hydrogen-bond donors (Lipinski definition) is 1. The summed E-state index contributed by atoms with van der Waals surface area (Å²) >= 11 is 0. The first-order valence-corrected chi connectivity index (χ1v) is 7.78. The van der Waals surface area contributed by atoms with Crippen molar-refractivity contribution in [1.82, 2.24) is 10.2 Å². The van der Waals surface area contributed by atoms with E-state index in [1.807, 2.05) is 0 Å². The molecule has 0 saturated carbocycles. The molecule has 0 spiro atoms. The molecule has 0 aliphatic carbocycles. The highest BCUT2D eigenvalue weighted by Crippen LogP contribution is 2.12. The Morgan fingerprint density at radius 1 is 1.29 bits per heavy atom. The number of carbonyl (C=O) groups excluding carboxylic acids is 1. The minimum atomic E-state index is 0.142. The third-order valence-electron chi connectivity index (χ3n) is 3.97. The van der Waals surface area contributed by atoms with Crippen LogP contribution in [0.25, 0.3) is 0 Å². The summed E-state index contributed by atoms with van der Waals surface area (Å²) < 4.78 is 5.31. The quantitative estimate of drug-likeness (QED) is 0.867. The molecule has 1 heterocycles. The Morgan fingerprint density at radius 3 is 2.76 bits per heavy atom. The lowest BCUT2D eigenvalue weighted by atomic mass is 10.0. The van der Waals surface area contributed by atoms with Crippen molar-refractivity contribution in [3.8, 4) is 0 Å². The van der Waals surface area contributed by atoms with Crippen molar-refractivity contribution in [1.29, 1.82) is 0 Å². The third kappa shape index (κ3) is 5.48. The van der Waals surface area contributed by atoms with Gasteiger partial charge in [-0.25, -0.2) is 0 Å². The van der Waals surface area contributed by atoms with Crippen molar-refractivity contribution in [3.05, 3.63) is 34.9 Å². The van der Waals surface area contributed by atoms with Crippen molar-refractivity contribution in [3.63, 3.8) is 0 Å². The van der Waals surface area contributed by atoms with Gasteiger partial charge in [-0.1, -0.05) is 23.8 Å². The molecule has 0 radical (unpaired) electrons. The molecule has 1 aromatic rings. The maximum Gasteiger partial charge on any atom is 0.220 e. The molecule has 116 valence electrons. The summed E-state index contributed by atoms with van der Waals surface area (Å²) in [6.07, 6.45) is 1.38. The van der Waals surface area contributed by atoms with Gasteiger partial charge in [0.25, 0.3) is 0 Å². The van der Waals surface area contributed by atoms with E-state index in [9.17, 15) is 4.79 Å². The number of morpholine rings is 1. The Balaban J connectivity index is 1.65. The van der Waals surface area contributed by atoms with Gasteiger partial charge >= 0.3 is 0 Å². The molecule has 0 bridgehead atoms. The summed E-state index contributed by atoms with van der Waals surface area (Å²) in [6, 6.07) is 6.41. The van der Waals surface area contributed by atoms with E-state index in [1.165, 1.54) is 16.7 Å². The highest BCUT2D eigenvalue weighted by atomic mass is 16.5. The molecule has 1 aliphatic rings. The van der Waals surface area contributed by atoms with E-state index >= 15 is 0 Å². The Kier molecular flexibility index (Phi) is 6.21. The number of ether oxygens (including phenoxy) is 1. The highest BCUT2D eigenvalue weighted by molar-refractivity contribution is 5.76. The van der Waals surface area contributed by atoms with E-state index in [2.05, 4.69) is 42.3 Å². The first kappa shape index (κ1) is 16.0. The lowest BCUT2D eigenvalue weighted by molar-refractivity contribution is -0.121. The lowest BCUT2D eigenvalue weighted by Gasteiger charge is -2.26. The summed E-state index contributed by atoms with van der Waals surface area (Å²) in [5.74, 6) is 0.142. The number of hydrogen-bond acceptors (Lipinski definition) is 3. The van der Waals surface area contributed by atoms with Crippen LogP contribution in [0, 0.1) is 13.8 Å². The largest absolute Gasteiger partial charge is 0.379 e. The summed E-state index contributed by atoms with van der Waals surface area (Å²) in [5.41, 5.74) is 3.81. The maximum atomic E-state index is 11.9. The number of nitrogens with zero attached hydrogens (tertiary/aromatic N) is 1. The van der Waals surface area contributed by atoms with Crippen molar-refractivity contribution < 1.29 is 9.53 Å². The zero-order valence-corrected chi connectivity index (χ0v) is 13.2. The van der Waals surface area contributed by atoms with E-state index in [0.29, 0.717) is 6.42 Å². The van der Waals surface area contributed by atoms with Crippen LogP contribution in [0.15, 0.2) is 18.2 Å². The minimum absolute atomic E-state index is 0.142. The first-order chi connectivity index (χ1) is 10.1. The zero-order valence-electron chi connectivity index (χ0n) is 13.2. The van der Waals surface area contributed by atoms with Crippen molar-refractivity contribution in [2.45, 2.75) is 26.7 Å². The zero-order chi connectivity index (χ0) is 15.1. The Hall–Kier alpha value is -1.39. The summed E-state index contributed by atoms with van der Waals surface area (Å²) in [6.45, 7) is 9.40. The van der Waals surface area contributed by atoms with Crippen molar-refractivity contribution in [2.75, 3.05) is 39.4 Å².